The van der Waals surface area contributed by atoms with E-state index in [-0.39, 0.29) is 0 Å². The molecule has 92 valence electrons. The van der Waals surface area contributed by atoms with Crippen molar-refractivity contribution in [2.75, 3.05) is 6.54 Å². The van der Waals surface area contributed by atoms with Gasteiger partial charge in [0, 0.05) is 0 Å². The maximum absolute atomic E-state index is 5.57. The largest absolute Gasteiger partial charge is 0.418 e. The van der Waals surface area contributed by atoms with Gasteiger partial charge in [-0.15, -0.1) is 15.3 Å². The fourth-order valence-electron chi connectivity index (χ4n) is 1.37. The molecule has 0 aliphatic rings. The molecule has 0 aliphatic heterocycles. The summed E-state index contributed by atoms with van der Waals surface area (Å²) in [5, 5.41) is 15.2. The number of nitrogens with one attached hydrogen (secondary N) is 1. The van der Waals surface area contributed by atoms with Crippen LogP contribution in [0.5, 0.6) is 0 Å². The van der Waals surface area contributed by atoms with Crippen molar-refractivity contribution in [3.63, 3.8) is 0 Å². The van der Waals surface area contributed by atoms with Crippen LogP contribution < -0.4 is 5.32 Å². The van der Waals surface area contributed by atoms with E-state index in [1.165, 1.54) is 11.5 Å². The predicted octanol–water partition coefficient (Wildman–Crippen LogP) is 1.82. The van der Waals surface area contributed by atoms with Crippen molar-refractivity contribution < 1.29 is 4.42 Å². The zero-order valence-corrected chi connectivity index (χ0v) is 10.9. The van der Waals surface area contributed by atoms with E-state index in [4.69, 9.17) is 4.42 Å². The normalized spacial score (nSPS) is 11.3. The Balaban J connectivity index is 2.21. The molecule has 2 aromatic rings. The van der Waals surface area contributed by atoms with E-state index in [1.807, 2.05) is 6.92 Å². The monoisotopic (exact) mass is 253 g/mol. The van der Waals surface area contributed by atoms with Crippen molar-refractivity contribution in [1.29, 1.82) is 0 Å². The summed E-state index contributed by atoms with van der Waals surface area (Å²) in [7, 11) is 0. The van der Waals surface area contributed by atoms with Gasteiger partial charge in [0.2, 0.25) is 5.89 Å². The van der Waals surface area contributed by atoms with Gasteiger partial charge >= 0.3 is 0 Å². The lowest BCUT2D eigenvalue weighted by Crippen LogP contribution is -2.11. The minimum Gasteiger partial charge on any atom is -0.418 e. The number of hydrogen-bond acceptors (Lipinski definition) is 7. The minimum atomic E-state index is 0.299. The molecule has 0 spiro atoms. The molecule has 17 heavy (non-hydrogen) atoms. The van der Waals surface area contributed by atoms with Gasteiger partial charge in [-0.3, -0.25) is 0 Å². The second-order valence-corrected chi connectivity index (χ2v) is 4.68. The second-order valence-electron chi connectivity index (χ2n) is 3.92. The van der Waals surface area contributed by atoms with Crippen LogP contribution in [0, 0.1) is 0 Å². The molecule has 0 amide bonds. The molecule has 6 nitrogen and oxygen atoms in total. The zero-order valence-electron chi connectivity index (χ0n) is 10.1. The summed E-state index contributed by atoms with van der Waals surface area (Å²) in [6.07, 6.45) is 0. The molecule has 0 aromatic carbocycles. The highest BCUT2D eigenvalue weighted by atomic mass is 32.1. The summed E-state index contributed by atoms with van der Waals surface area (Å²) in [5.41, 5.74) is 0.911. The van der Waals surface area contributed by atoms with Crippen molar-refractivity contribution in [3.05, 3.63) is 11.6 Å². The van der Waals surface area contributed by atoms with Gasteiger partial charge < -0.3 is 9.73 Å². The first-order valence-electron chi connectivity index (χ1n) is 5.58. The van der Waals surface area contributed by atoms with Gasteiger partial charge in [0.05, 0.1) is 12.2 Å². The Labute approximate surface area is 104 Å². The molecule has 0 atom stereocenters. The minimum absolute atomic E-state index is 0.299. The first-order valence-corrected chi connectivity index (χ1v) is 6.35. The summed E-state index contributed by atoms with van der Waals surface area (Å²) in [6.45, 7) is 7.62. The van der Waals surface area contributed by atoms with Crippen LogP contribution in [0.4, 0.5) is 0 Å². The van der Waals surface area contributed by atoms with E-state index < -0.39 is 0 Å². The Hall–Kier alpha value is -1.34. The van der Waals surface area contributed by atoms with Gasteiger partial charge in [-0.25, -0.2) is 0 Å². The van der Waals surface area contributed by atoms with Gasteiger partial charge in [-0.2, -0.15) is 0 Å². The van der Waals surface area contributed by atoms with Crippen molar-refractivity contribution in [1.82, 2.24) is 25.1 Å². The molecule has 0 aliphatic carbocycles. The van der Waals surface area contributed by atoms with Crippen molar-refractivity contribution >= 4 is 11.5 Å². The highest BCUT2D eigenvalue weighted by Gasteiger charge is 2.18. The van der Waals surface area contributed by atoms with Crippen molar-refractivity contribution in [2.45, 2.75) is 33.2 Å². The standard InChI is InChI=1S/C10H15N5OS/c1-4-11-5-7-12-14-10(16-7)9-8(6(2)3)13-15-17-9/h6,11H,4-5H2,1-3H3. The Morgan fingerprint density at radius 3 is 2.82 bits per heavy atom. The highest BCUT2D eigenvalue weighted by molar-refractivity contribution is 7.09. The number of rotatable bonds is 5. The summed E-state index contributed by atoms with van der Waals surface area (Å²) in [4.78, 5) is 0.871. The Bertz CT molecular complexity index is 479. The lowest BCUT2D eigenvalue weighted by molar-refractivity contribution is 0.482. The van der Waals surface area contributed by atoms with Crippen LogP contribution in [-0.4, -0.2) is 26.3 Å². The van der Waals surface area contributed by atoms with Crippen molar-refractivity contribution in [2.24, 2.45) is 0 Å². The molecule has 0 saturated carbocycles. The molecule has 7 heteroatoms. The molecule has 2 rings (SSSR count). The maximum Gasteiger partial charge on any atom is 0.261 e. The lowest BCUT2D eigenvalue weighted by Gasteiger charge is -1.99. The van der Waals surface area contributed by atoms with Gasteiger partial charge in [0.25, 0.3) is 5.89 Å². The Morgan fingerprint density at radius 2 is 2.12 bits per heavy atom. The van der Waals surface area contributed by atoms with Crippen LogP contribution in [0.1, 0.15) is 38.3 Å². The SMILES string of the molecule is CCNCc1nnc(-c2snnc2C(C)C)o1. The summed E-state index contributed by atoms with van der Waals surface area (Å²) in [5.74, 6) is 1.40. The zero-order chi connectivity index (χ0) is 12.3. The van der Waals surface area contributed by atoms with Crippen molar-refractivity contribution in [3.8, 4) is 10.8 Å². The molecule has 0 saturated heterocycles. The van der Waals surface area contributed by atoms with Gasteiger partial charge in [-0.05, 0) is 24.0 Å². The quantitative estimate of drug-likeness (QED) is 0.875. The van der Waals surface area contributed by atoms with Crippen LogP contribution in [0.25, 0.3) is 10.8 Å². The third-order valence-electron chi connectivity index (χ3n) is 2.25. The van der Waals surface area contributed by atoms with Gasteiger partial charge in [-0.1, -0.05) is 25.3 Å². The van der Waals surface area contributed by atoms with Crippen LogP contribution in [0.15, 0.2) is 4.42 Å². The Kier molecular flexibility index (Phi) is 3.80. The molecule has 1 N–H and O–H groups in total. The predicted molar refractivity (Wildman–Crippen MR) is 64.7 cm³/mol. The fourth-order valence-corrected chi connectivity index (χ4v) is 2.11. The Morgan fingerprint density at radius 1 is 1.29 bits per heavy atom. The van der Waals surface area contributed by atoms with E-state index >= 15 is 0 Å². The van der Waals surface area contributed by atoms with Crippen LogP contribution in [-0.2, 0) is 6.54 Å². The average molecular weight is 253 g/mol. The fraction of sp³-hybridized carbons (Fsp3) is 0.600. The molecule has 0 radical (unpaired) electrons. The third kappa shape index (κ3) is 2.67. The van der Waals surface area contributed by atoms with Gasteiger partial charge in [0.1, 0.15) is 4.88 Å². The smallest absolute Gasteiger partial charge is 0.261 e. The number of aromatic nitrogens is 4. The van der Waals surface area contributed by atoms with E-state index in [0.717, 1.165) is 17.1 Å². The summed E-state index contributed by atoms with van der Waals surface area (Å²) < 4.78 is 9.51. The van der Waals surface area contributed by atoms with Gasteiger partial charge in [0.15, 0.2) is 0 Å². The van der Waals surface area contributed by atoms with Crippen LogP contribution in [0.3, 0.4) is 0 Å². The first kappa shape index (κ1) is 12.1. The van der Waals surface area contributed by atoms with Crippen LogP contribution in [0.2, 0.25) is 0 Å². The summed E-state index contributed by atoms with van der Waals surface area (Å²) in [6, 6.07) is 0. The third-order valence-corrected chi connectivity index (χ3v) is 2.98. The number of nitrogens with zero attached hydrogens (tertiary/aromatic N) is 4. The molecule has 2 aromatic heterocycles. The molecule has 2 heterocycles. The highest BCUT2D eigenvalue weighted by Crippen LogP contribution is 2.29. The average Bonchev–Trinajstić information content (AvgIpc) is 2.94. The van der Waals surface area contributed by atoms with E-state index in [0.29, 0.717) is 24.2 Å². The van der Waals surface area contributed by atoms with E-state index in [9.17, 15) is 0 Å². The second kappa shape index (κ2) is 5.33. The topological polar surface area (TPSA) is 76.7 Å². The molecule has 0 fully saturated rings. The molecule has 0 bridgehead atoms. The first-order chi connectivity index (χ1) is 8.22. The molecular formula is C10H15N5OS. The van der Waals surface area contributed by atoms with E-state index in [1.54, 1.807) is 0 Å². The summed E-state index contributed by atoms with van der Waals surface area (Å²) >= 11 is 1.29. The lowest BCUT2D eigenvalue weighted by atomic mass is 10.1. The maximum atomic E-state index is 5.57. The molecular weight excluding hydrogens is 238 g/mol. The molecule has 0 unspecified atom stereocenters. The van der Waals surface area contributed by atoms with Crippen LogP contribution >= 0.6 is 11.5 Å². The van der Waals surface area contributed by atoms with E-state index in [2.05, 4.69) is 38.9 Å². The number of hydrogen-bond donors (Lipinski definition) is 1.